The molecule has 31 heavy (non-hydrogen) atoms. The number of carbonyl (C=O) groups excluding carboxylic acids is 1. The second-order valence-electron chi connectivity index (χ2n) is 8.62. The van der Waals surface area contributed by atoms with Crippen LogP contribution in [-0.4, -0.2) is 50.2 Å². The van der Waals surface area contributed by atoms with Gasteiger partial charge in [-0.1, -0.05) is 23.4 Å². The molecule has 8 nitrogen and oxygen atoms in total. The van der Waals surface area contributed by atoms with Crippen molar-refractivity contribution in [2.75, 3.05) is 18.4 Å². The molecule has 4 atom stereocenters. The second-order valence-corrected chi connectivity index (χ2v) is 8.62. The fourth-order valence-corrected chi connectivity index (χ4v) is 5.05. The van der Waals surface area contributed by atoms with E-state index in [0.717, 1.165) is 43.7 Å². The van der Waals surface area contributed by atoms with Gasteiger partial charge in [0.1, 0.15) is 23.2 Å². The zero-order valence-electron chi connectivity index (χ0n) is 17.1. The molecule has 4 heterocycles. The van der Waals surface area contributed by atoms with E-state index in [1.54, 1.807) is 42.5 Å². The number of phenolic OH excluding ortho intramolecular Hbond substituents is 2. The van der Waals surface area contributed by atoms with Crippen LogP contribution in [0.3, 0.4) is 0 Å². The van der Waals surface area contributed by atoms with Gasteiger partial charge in [-0.25, -0.2) is 4.68 Å². The van der Waals surface area contributed by atoms with Gasteiger partial charge in [-0.3, -0.25) is 4.79 Å². The van der Waals surface area contributed by atoms with E-state index in [2.05, 4.69) is 15.6 Å². The smallest absolute Gasteiger partial charge is 0.233 e. The Morgan fingerprint density at radius 1 is 1.16 bits per heavy atom. The molecule has 3 saturated heterocycles. The van der Waals surface area contributed by atoms with Gasteiger partial charge >= 0.3 is 0 Å². The van der Waals surface area contributed by atoms with E-state index in [1.165, 1.54) is 4.90 Å². The lowest BCUT2D eigenvalue weighted by Gasteiger charge is -2.46. The van der Waals surface area contributed by atoms with E-state index in [-0.39, 0.29) is 23.3 Å². The summed E-state index contributed by atoms with van der Waals surface area (Å²) < 4.78 is 1.87. The SMILES string of the molecule is O=C(Nc1cccc(O)c1)[C@H]1C[NH+]2CC[C@@H]1C[C@@H]2Cn1cc(-c2cccc(O)c2)nn1. The summed E-state index contributed by atoms with van der Waals surface area (Å²) in [5.41, 5.74) is 2.22. The molecule has 0 spiro atoms. The van der Waals surface area contributed by atoms with Gasteiger partial charge in [0.25, 0.3) is 0 Å². The Morgan fingerprint density at radius 2 is 1.97 bits per heavy atom. The molecule has 3 aliphatic rings. The number of quaternary nitrogens is 1. The lowest BCUT2D eigenvalue weighted by atomic mass is 9.75. The van der Waals surface area contributed by atoms with E-state index in [1.807, 2.05) is 16.9 Å². The number of piperidine rings is 3. The topological polar surface area (TPSA) is 105 Å². The third-order valence-corrected chi connectivity index (χ3v) is 6.59. The number of carbonyl (C=O) groups is 1. The Morgan fingerprint density at radius 3 is 2.71 bits per heavy atom. The highest BCUT2D eigenvalue weighted by molar-refractivity contribution is 5.93. The molecule has 2 aromatic carbocycles. The number of anilines is 1. The predicted octanol–water partition coefficient (Wildman–Crippen LogP) is 1.29. The van der Waals surface area contributed by atoms with Crippen molar-refractivity contribution in [1.29, 1.82) is 0 Å². The van der Waals surface area contributed by atoms with Gasteiger partial charge < -0.3 is 20.4 Å². The lowest BCUT2D eigenvalue weighted by molar-refractivity contribution is -0.945. The van der Waals surface area contributed by atoms with Crippen molar-refractivity contribution >= 4 is 11.6 Å². The summed E-state index contributed by atoms with van der Waals surface area (Å²) in [4.78, 5) is 14.3. The van der Waals surface area contributed by atoms with Crippen LogP contribution in [0.4, 0.5) is 5.69 Å². The number of hydrogen-bond donors (Lipinski definition) is 4. The number of phenols is 2. The van der Waals surface area contributed by atoms with Crippen LogP contribution in [0.5, 0.6) is 11.5 Å². The van der Waals surface area contributed by atoms with E-state index in [4.69, 9.17) is 0 Å². The molecule has 3 aliphatic heterocycles. The molecule has 1 aromatic heterocycles. The normalized spacial score (nSPS) is 24.8. The van der Waals surface area contributed by atoms with Crippen molar-refractivity contribution in [3.63, 3.8) is 0 Å². The molecule has 160 valence electrons. The summed E-state index contributed by atoms with van der Waals surface area (Å²) in [5, 5.41) is 30.8. The number of nitrogens with one attached hydrogen (secondary N) is 2. The summed E-state index contributed by atoms with van der Waals surface area (Å²) in [7, 11) is 0. The van der Waals surface area contributed by atoms with Gasteiger partial charge in [0, 0.05) is 30.2 Å². The third kappa shape index (κ3) is 4.11. The van der Waals surface area contributed by atoms with Gasteiger partial charge in [0.05, 0.1) is 31.7 Å². The standard InChI is InChI=1S/C23H25N5O3/c29-19-5-1-3-16(10-19)22-14-28(26-25-22)12-18-9-15-7-8-27(18)13-21(15)23(31)24-17-4-2-6-20(30)11-17/h1-6,10-11,14-15,18,21,29-30H,7-9,12-13H2,(H,24,31)/p+1/t15-,18-,21+/m1/s1. The van der Waals surface area contributed by atoms with Crippen LogP contribution >= 0.6 is 0 Å². The monoisotopic (exact) mass is 420 g/mol. The maximum atomic E-state index is 12.9. The number of aromatic nitrogens is 3. The Bertz CT molecular complexity index is 1100. The molecule has 3 fully saturated rings. The minimum Gasteiger partial charge on any atom is -0.508 e. The van der Waals surface area contributed by atoms with Crippen molar-refractivity contribution in [2.45, 2.75) is 25.4 Å². The van der Waals surface area contributed by atoms with Gasteiger partial charge in [-0.15, -0.1) is 5.10 Å². The molecule has 8 heteroatoms. The van der Waals surface area contributed by atoms with Crippen molar-refractivity contribution in [3.05, 3.63) is 54.7 Å². The lowest BCUT2D eigenvalue weighted by Crippen LogP contribution is -3.20. The highest BCUT2D eigenvalue weighted by atomic mass is 16.3. The minimum atomic E-state index is -0.0130. The average molecular weight is 420 g/mol. The first-order valence-electron chi connectivity index (χ1n) is 10.7. The first kappa shape index (κ1) is 19.6. The molecular formula is C23H26N5O3+. The number of rotatable bonds is 5. The zero-order valence-corrected chi connectivity index (χ0v) is 17.1. The number of hydrogen-bond acceptors (Lipinski definition) is 5. The first-order chi connectivity index (χ1) is 15.0. The molecule has 0 aliphatic carbocycles. The maximum absolute atomic E-state index is 12.9. The fourth-order valence-electron chi connectivity index (χ4n) is 5.05. The van der Waals surface area contributed by atoms with E-state index < -0.39 is 0 Å². The highest BCUT2D eigenvalue weighted by Crippen LogP contribution is 2.29. The van der Waals surface area contributed by atoms with Crippen LogP contribution in [0.1, 0.15) is 12.8 Å². The van der Waals surface area contributed by atoms with Crippen LogP contribution in [0, 0.1) is 11.8 Å². The van der Waals surface area contributed by atoms with Gasteiger partial charge in [-0.05, 0) is 30.2 Å². The molecule has 0 saturated carbocycles. The van der Waals surface area contributed by atoms with Crippen LogP contribution in [0.15, 0.2) is 54.7 Å². The molecule has 3 aromatic rings. The first-order valence-corrected chi connectivity index (χ1v) is 10.7. The zero-order chi connectivity index (χ0) is 21.4. The van der Waals surface area contributed by atoms with E-state index in [0.29, 0.717) is 17.6 Å². The Kier molecular flexibility index (Phi) is 5.07. The number of nitrogens with zero attached hydrogens (tertiary/aromatic N) is 3. The van der Waals surface area contributed by atoms with E-state index >= 15 is 0 Å². The Hall–Kier alpha value is -3.39. The van der Waals surface area contributed by atoms with Crippen LogP contribution in [-0.2, 0) is 11.3 Å². The molecule has 1 unspecified atom stereocenters. The van der Waals surface area contributed by atoms with Crippen molar-refractivity contribution in [3.8, 4) is 22.8 Å². The summed E-state index contributed by atoms with van der Waals surface area (Å²) in [6, 6.07) is 14.1. The summed E-state index contributed by atoms with van der Waals surface area (Å²) in [6.07, 6.45) is 3.95. The third-order valence-electron chi connectivity index (χ3n) is 6.59. The fraction of sp³-hybridized carbons (Fsp3) is 0.348. The minimum absolute atomic E-state index is 0.0130. The number of amides is 1. The molecular weight excluding hydrogens is 394 g/mol. The molecule has 4 N–H and O–H groups in total. The van der Waals surface area contributed by atoms with E-state index in [9.17, 15) is 15.0 Å². The number of benzene rings is 2. The summed E-state index contributed by atoms with van der Waals surface area (Å²) in [5.74, 6) is 0.741. The average Bonchev–Trinajstić information content (AvgIpc) is 3.23. The quantitative estimate of drug-likeness (QED) is 0.498. The van der Waals surface area contributed by atoms with Crippen molar-refractivity contribution in [1.82, 2.24) is 15.0 Å². The number of fused-ring (bicyclic) bond motifs is 3. The summed E-state index contributed by atoms with van der Waals surface area (Å²) >= 11 is 0. The van der Waals surface area contributed by atoms with Gasteiger partial charge in [0.2, 0.25) is 5.91 Å². The molecule has 6 rings (SSSR count). The van der Waals surface area contributed by atoms with Crippen molar-refractivity contribution in [2.24, 2.45) is 11.8 Å². The largest absolute Gasteiger partial charge is 0.508 e. The Balaban J connectivity index is 1.23. The van der Waals surface area contributed by atoms with Crippen molar-refractivity contribution < 1.29 is 19.9 Å². The number of aromatic hydroxyl groups is 2. The predicted molar refractivity (Wildman–Crippen MR) is 115 cm³/mol. The maximum Gasteiger partial charge on any atom is 0.233 e. The van der Waals surface area contributed by atoms with Crippen LogP contribution in [0.2, 0.25) is 0 Å². The molecule has 2 bridgehead atoms. The summed E-state index contributed by atoms with van der Waals surface area (Å²) in [6.45, 7) is 2.64. The molecule has 0 radical (unpaired) electrons. The Labute approximate surface area is 180 Å². The van der Waals surface area contributed by atoms with Crippen LogP contribution in [0.25, 0.3) is 11.3 Å². The second kappa shape index (κ2) is 8.03. The van der Waals surface area contributed by atoms with Gasteiger partial charge in [0.15, 0.2) is 0 Å². The molecule has 1 amide bonds. The van der Waals surface area contributed by atoms with Crippen LogP contribution < -0.4 is 10.2 Å². The highest BCUT2D eigenvalue weighted by Gasteiger charge is 2.46. The van der Waals surface area contributed by atoms with Gasteiger partial charge in [-0.2, -0.15) is 0 Å².